The van der Waals surface area contributed by atoms with Crippen LogP contribution >= 0.6 is 0 Å². The summed E-state index contributed by atoms with van der Waals surface area (Å²) in [5.41, 5.74) is 3.66. The number of nitro groups is 1. The van der Waals surface area contributed by atoms with E-state index in [-0.39, 0.29) is 17.2 Å². The Morgan fingerprint density at radius 1 is 1.33 bits per heavy atom. The molecule has 0 unspecified atom stereocenters. The maximum absolute atomic E-state index is 13.7. The summed E-state index contributed by atoms with van der Waals surface area (Å²) in [6.07, 6.45) is 0. The maximum Gasteiger partial charge on any atom is 0.293 e. The van der Waals surface area contributed by atoms with Gasteiger partial charge in [0.15, 0.2) is 0 Å². The van der Waals surface area contributed by atoms with Crippen molar-refractivity contribution in [2.75, 3.05) is 17.4 Å². The standard InChI is InChI=1S/C14H15FN4O2/c1-18(13-5-3-2-4-11(13)15)9-10-6-7-14(19(20)21)12(8-10)17-16/h2-8,17H,9,16H2,1H3. The Balaban J connectivity index is 2.24. The van der Waals surface area contributed by atoms with Gasteiger partial charge >= 0.3 is 0 Å². The zero-order valence-corrected chi connectivity index (χ0v) is 11.4. The van der Waals surface area contributed by atoms with Crippen molar-refractivity contribution in [3.8, 4) is 0 Å². The lowest BCUT2D eigenvalue weighted by Gasteiger charge is -2.20. The lowest BCUT2D eigenvalue weighted by Crippen LogP contribution is -2.18. The molecule has 0 fully saturated rings. The first kappa shape index (κ1) is 14.7. The highest BCUT2D eigenvalue weighted by atomic mass is 19.1. The van der Waals surface area contributed by atoms with E-state index in [1.165, 1.54) is 12.1 Å². The van der Waals surface area contributed by atoms with Gasteiger partial charge in [0.1, 0.15) is 11.5 Å². The first-order valence-corrected chi connectivity index (χ1v) is 6.22. The normalized spacial score (nSPS) is 10.2. The van der Waals surface area contributed by atoms with Gasteiger partial charge < -0.3 is 10.3 Å². The van der Waals surface area contributed by atoms with Gasteiger partial charge in [-0.3, -0.25) is 16.0 Å². The molecule has 0 aliphatic heterocycles. The predicted molar refractivity (Wildman–Crippen MR) is 79.4 cm³/mol. The average molecular weight is 290 g/mol. The minimum atomic E-state index is -0.514. The molecule has 0 aliphatic rings. The van der Waals surface area contributed by atoms with Crippen LogP contribution in [0, 0.1) is 15.9 Å². The van der Waals surface area contributed by atoms with Crippen molar-refractivity contribution in [2.24, 2.45) is 5.84 Å². The molecule has 0 bridgehead atoms. The zero-order valence-electron chi connectivity index (χ0n) is 11.4. The lowest BCUT2D eigenvalue weighted by molar-refractivity contribution is -0.384. The summed E-state index contributed by atoms with van der Waals surface area (Å²) in [5.74, 6) is 4.98. The molecule has 0 saturated heterocycles. The van der Waals surface area contributed by atoms with Crippen LogP contribution in [0.1, 0.15) is 5.56 Å². The number of hydrogen-bond acceptors (Lipinski definition) is 5. The van der Waals surface area contributed by atoms with Crippen molar-refractivity contribution >= 4 is 17.1 Å². The maximum atomic E-state index is 13.7. The molecule has 2 rings (SSSR count). The monoisotopic (exact) mass is 290 g/mol. The summed E-state index contributed by atoms with van der Waals surface area (Å²) in [5, 5.41) is 10.8. The van der Waals surface area contributed by atoms with Crippen molar-refractivity contribution in [3.05, 3.63) is 64.0 Å². The number of nitro benzene ring substituents is 1. The molecular formula is C14H15FN4O2. The highest BCUT2D eigenvalue weighted by molar-refractivity contribution is 5.62. The number of nitrogens with two attached hydrogens (primary N) is 1. The second-order valence-corrected chi connectivity index (χ2v) is 4.56. The smallest absolute Gasteiger partial charge is 0.293 e. The Hall–Kier alpha value is -2.67. The highest BCUT2D eigenvalue weighted by Gasteiger charge is 2.14. The van der Waals surface area contributed by atoms with Crippen LogP contribution in [-0.2, 0) is 6.54 Å². The number of hydrogen-bond donors (Lipinski definition) is 2. The number of rotatable bonds is 5. The molecule has 110 valence electrons. The largest absolute Gasteiger partial charge is 0.368 e. The van der Waals surface area contributed by atoms with Crippen LogP contribution in [-0.4, -0.2) is 12.0 Å². The Morgan fingerprint density at radius 3 is 2.67 bits per heavy atom. The van der Waals surface area contributed by atoms with Gasteiger partial charge in [0.2, 0.25) is 0 Å². The molecular weight excluding hydrogens is 275 g/mol. The average Bonchev–Trinajstić information content (AvgIpc) is 2.47. The van der Waals surface area contributed by atoms with Gasteiger partial charge in [-0.25, -0.2) is 4.39 Å². The number of para-hydroxylation sites is 1. The van der Waals surface area contributed by atoms with Crippen molar-refractivity contribution < 1.29 is 9.31 Å². The van der Waals surface area contributed by atoms with Gasteiger partial charge in [0.05, 0.1) is 10.6 Å². The summed E-state index contributed by atoms with van der Waals surface area (Å²) < 4.78 is 13.7. The summed E-state index contributed by atoms with van der Waals surface area (Å²) in [7, 11) is 1.75. The fourth-order valence-corrected chi connectivity index (χ4v) is 2.08. The van der Waals surface area contributed by atoms with Gasteiger partial charge in [-0.05, 0) is 23.8 Å². The Morgan fingerprint density at radius 2 is 2.05 bits per heavy atom. The van der Waals surface area contributed by atoms with Crippen LogP contribution in [0.5, 0.6) is 0 Å². The van der Waals surface area contributed by atoms with Crippen LogP contribution in [0.3, 0.4) is 0 Å². The van der Waals surface area contributed by atoms with Gasteiger partial charge in [-0.15, -0.1) is 0 Å². The van der Waals surface area contributed by atoms with E-state index >= 15 is 0 Å². The second kappa shape index (κ2) is 6.19. The van der Waals surface area contributed by atoms with Crippen molar-refractivity contribution in [2.45, 2.75) is 6.54 Å². The molecule has 0 atom stereocenters. The molecule has 2 aromatic rings. The van der Waals surface area contributed by atoms with E-state index in [9.17, 15) is 14.5 Å². The first-order valence-electron chi connectivity index (χ1n) is 6.22. The number of hydrazine groups is 1. The van der Waals surface area contributed by atoms with Crippen LogP contribution in [0.25, 0.3) is 0 Å². The third-order valence-electron chi connectivity index (χ3n) is 3.10. The molecule has 0 spiro atoms. The van der Waals surface area contributed by atoms with E-state index in [2.05, 4.69) is 5.43 Å². The van der Waals surface area contributed by atoms with Crippen molar-refractivity contribution in [1.29, 1.82) is 0 Å². The fourth-order valence-electron chi connectivity index (χ4n) is 2.08. The lowest BCUT2D eigenvalue weighted by atomic mass is 10.1. The molecule has 3 N–H and O–H groups in total. The van der Waals surface area contributed by atoms with Crippen molar-refractivity contribution in [1.82, 2.24) is 0 Å². The van der Waals surface area contributed by atoms with Gasteiger partial charge in [0, 0.05) is 19.7 Å². The summed E-state index contributed by atoms with van der Waals surface area (Å²) >= 11 is 0. The molecule has 2 aromatic carbocycles. The van der Waals surface area contributed by atoms with E-state index < -0.39 is 4.92 Å². The van der Waals surface area contributed by atoms with E-state index in [1.54, 1.807) is 42.3 Å². The van der Waals surface area contributed by atoms with Gasteiger partial charge in [-0.1, -0.05) is 18.2 Å². The van der Waals surface area contributed by atoms with Gasteiger partial charge in [0.25, 0.3) is 5.69 Å². The van der Waals surface area contributed by atoms with E-state index in [0.717, 1.165) is 5.56 Å². The molecule has 6 nitrogen and oxygen atoms in total. The van der Waals surface area contributed by atoms with Crippen LogP contribution < -0.4 is 16.2 Å². The third kappa shape index (κ3) is 3.26. The molecule has 0 saturated carbocycles. The molecule has 21 heavy (non-hydrogen) atoms. The highest BCUT2D eigenvalue weighted by Crippen LogP contribution is 2.26. The summed E-state index contributed by atoms with van der Waals surface area (Å²) in [6.45, 7) is 0.396. The molecule has 7 heteroatoms. The number of halogens is 1. The molecule has 0 heterocycles. The quantitative estimate of drug-likeness (QED) is 0.502. The third-order valence-corrected chi connectivity index (χ3v) is 3.10. The molecule has 0 amide bonds. The van der Waals surface area contributed by atoms with E-state index in [1.807, 2.05) is 0 Å². The fraction of sp³-hybridized carbons (Fsp3) is 0.143. The molecule has 0 aromatic heterocycles. The van der Waals surface area contributed by atoms with Crippen LogP contribution in [0.2, 0.25) is 0 Å². The Kier molecular flexibility index (Phi) is 4.34. The topological polar surface area (TPSA) is 84.4 Å². The number of nitrogens with one attached hydrogen (secondary N) is 1. The SMILES string of the molecule is CN(Cc1ccc([N+](=O)[O-])c(NN)c1)c1ccccc1F. The minimum absolute atomic E-state index is 0.102. The number of benzene rings is 2. The number of nitrogens with zero attached hydrogens (tertiary/aromatic N) is 2. The molecule has 0 radical (unpaired) electrons. The van der Waals surface area contributed by atoms with E-state index in [0.29, 0.717) is 12.2 Å². The minimum Gasteiger partial charge on any atom is -0.368 e. The summed E-state index contributed by atoms with van der Waals surface area (Å²) in [4.78, 5) is 12.0. The number of nitrogen functional groups attached to an aromatic ring is 1. The van der Waals surface area contributed by atoms with Crippen LogP contribution in [0.4, 0.5) is 21.5 Å². The number of anilines is 2. The van der Waals surface area contributed by atoms with E-state index in [4.69, 9.17) is 5.84 Å². The Bertz CT molecular complexity index is 663. The predicted octanol–water partition coefficient (Wildman–Crippen LogP) is 2.66. The second-order valence-electron chi connectivity index (χ2n) is 4.56. The van der Waals surface area contributed by atoms with Crippen molar-refractivity contribution in [3.63, 3.8) is 0 Å². The first-order chi connectivity index (χ1) is 10.0. The molecule has 0 aliphatic carbocycles. The Labute approximate surface area is 121 Å². The van der Waals surface area contributed by atoms with Crippen LogP contribution in [0.15, 0.2) is 42.5 Å². The zero-order chi connectivity index (χ0) is 15.4. The summed E-state index contributed by atoms with van der Waals surface area (Å²) in [6, 6.07) is 11.0. The van der Waals surface area contributed by atoms with Gasteiger partial charge in [-0.2, -0.15) is 0 Å².